The summed E-state index contributed by atoms with van der Waals surface area (Å²) in [4.78, 5) is 4.03. The second-order valence-corrected chi connectivity index (χ2v) is 6.83. The molecule has 23 heavy (non-hydrogen) atoms. The average Bonchev–Trinajstić information content (AvgIpc) is 2.52. The van der Waals surface area contributed by atoms with E-state index in [4.69, 9.17) is 0 Å². The van der Waals surface area contributed by atoms with Gasteiger partial charge in [-0.05, 0) is 95.2 Å². The second kappa shape index (κ2) is 6.97. The molecule has 1 aliphatic heterocycles. The summed E-state index contributed by atoms with van der Waals surface area (Å²) in [7, 11) is 0. The molecule has 1 aliphatic rings. The van der Waals surface area contributed by atoms with Crippen LogP contribution in [0.3, 0.4) is 0 Å². The van der Waals surface area contributed by atoms with Crippen LogP contribution < -0.4 is 5.32 Å². The SMILES string of the molecule is Oc1cc2c(cc1O)[C@H](Cc1ccc(N=C=S)c(I)c1)NCC2. The first-order valence-corrected chi connectivity index (χ1v) is 8.71. The minimum atomic E-state index is -0.0716. The third-order valence-corrected chi connectivity index (χ3v) is 4.97. The number of isothiocyanates is 1. The summed E-state index contributed by atoms with van der Waals surface area (Å²) in [6.07, 6.45) is 1.65. The predicted molar refractivity (Wildman–Crippen MR) is 102 cm³/mol. The molecule has 2 aromatic rings. The molecule has 2 aromatic carbocycles. The van der Waals surface area contributed by atoms with E-state index in [1.807, 2.05) is 12.1 Å². The van der Waals surface area contributed by atoms with Crippen molar-refractivity contribution < 1.29 is 10.2 Å². The van der Waals surface area contributed by atoms with Gasteiger partial charge in [0, 0.05) is 9.61 Å². The average molecular weight is 438 g/mol. The molecule has 0 saturated heterocycles. The number of phenolic OH excluding ortho intramolecular Hbond substituents is 2. The van der Waals surface area contributed by atoms with Crippen LogP contribution in [0.15, 0.2) is 35.3 Å². The lowest BCUT2D eigenvalue weighted by Gasteiger charge is -2.27. The third-order valence-electron chi connectivity index (χ3n) is 4.01. The number of nitrogens with zero attached hydrogens (tertiary/aromatic N) is 1. The van der Waals surface area contributed by atoms with E-state index >= 15 is 0 Å². The lowest BCUT2D eigenvalue weighted by molar-refractivity contribution is 0.398. The molecule has 0 aliphatic carbocycles. The lowest BCUT2D eigenvalue weighted by atomic mass is 9.90. The zero-order valence-electron chi connectivity index (χ0n) is 12.2. The van der Waals surface area contributed by atoms with Crippen molar-refractivity contribution in [2.45, 2.75) is 18.9 Å². The number of thiocarbonyl (C=S) groups is 1. The van der Waals surface area contributed by atoms with Gasteiger partial charge in [-0.15, -0.1) is 0 Å². The minimum absolute atomic E-state index is 0.0543. The van der Waals surface area contributed by atoms with Gasteiger partial charge >= 0.3 is 0 Å². The van der Waals surface area contributed by atoms with Gasteiger partial charge in [-0.25, -0.2) is 0 Å². The number of nitrogens with one attached hydrogen (secondary N) is 1. The molecule has 0 bridgehead atoms. The van der Waals surface area contributed by atoms with Gasteiger partial charge in [0.25, 0.3) is 0 Å². The van der Waals surface area contributed by atoms with Crippen molar-refractivity contribution in [3.63, 3.8) is 0 Å². The van der Waals surface area contributed by atoms with E-state index in [1.165, 1.54) is 5.56 Å². The van der Waals surface area contributed by atoms with Crippen LogP contribution in [0.1, 0.15) is 22.7 Å². The van der Waals surface area contributed by atoms with Gasteiger partial charge in [-0.3, -0.25) is 0 Å². The van der Waals surface area contributed by atoms with Gasteiger partial charge in [-0.2, -0.15) is 4.99 Å². The number of fused-ring (bicyclic) bond motifs is 1. The maximum atomic E-state index is 9.79. The van der Waals surface area contributed by atoms with Crippen molar-refractivity contribution in [2.24, 2.45) is 4.99 Å². The van der Waals surface area contributed by atoms with Gasteiger partial charge in [0.1, 0.15) is 0 Å². The number of hydrogen-bond acceptors (Lipinski definition) is 5. The highest BCUT2D eigenvalue weighted by molar-refractivity contribution is 14.1. The van der Waals surface area contributed by atoms with Crippen LogP contribution in [0, 0.1) is 3.57 Å². The van der Waals surface area contributed by atoms with Gasteiger partial charge < -0.3 is 15.5 Å². The maximum Gasteiger partial charge on any atom is 0.157 e. The van der Waals surface area contributed by atoms with Crippen molar-refractivity contribution >= 4 is 45.7 Å². The molecule has 3 N–H and O–H groups in total. The highest BCUT2D eigenvalue weighted by atomic mass is 127. The fourth-order valence-electron chi connectivity index (χ4n) is 2.90. The Hall–Kier alpha value is -1.47. The summed E-state index contributed by atoms with van der Waals surface area (Å²) in [6.45, 7) is 0.853. The summed E-state index contributed by atoms with van der Waals surface area (Å²) < 4.78 is 1.03. The third kappa shape index (κ3) is 3.55. The summed E-state index contributed by atoms with van der Waals surface area (Å²) in [6, 6.07) is 9.50. The van der Waals surface area contributed by atoms with Crippen molar-refractivity contribution in [3.8, 4) is 11.5 Å². The highest BCUT2D eigenvalue weighted by Crippen LogP contribution is 2.35. The van der Waals surface area contributed by atoms with Gasteiger partial charge in [-0.1, -0.05) is 6.07 Å². The smallest absolute Gasteiger partial charge is 0.157 e. The number of benzene rings is 2. The second-order valence-electron chi connectivity index (χ2n) is 5.49. The molecule has 0 saturated carbocycles. The fourth-order valence-corrected chi connectivity index (χ4v) is 3.70. The number of aliphatic imine (C=N–C) groups is 1. The Labute approximate surface area is 153 Å². The van der Waals surface area contributed by atoms with Crippen molar-refractivity contribution in [3.05, 3.63) is 50.6 Å². The molecule has 0 unspecified atom stereocenters. The van der Waals surface area contributed by atoms with Crippen LogP contribution in [0.2, 0.25) is 0 Å². The Kier molecular flexibility index (Phi) is 4.96. The molecule has 3 rings (SSSR count). The molecule has 6 heteroatoms. The van der Waals surface area contributed by atoms with E-state index in [9.17, 15) is 10.2 Å². The van der Waals surface area contributed by atoms with Crippen LogP contribution in [-0.2, 0) is 12.8 Å². The fraction of sp³-hybridized carbons (Fsp3) is 0.235. The number of phenols is 2. The van der Waals surface area contributed by atoms with E-state index in [1.54, 1.807) is 12.1 Å². The van der Waals surface area contributed by atoms with Gasteiger partial charge in [0.15, 0.2) is 11.5 Å². The van der Waals surface area contributed by atoms with E-state index in [0.717, 1.165) is 39.8 Å². The Morgan fingerprint density at radius 3 is 2.78 bits per heavy atom. The Morgan fingerprint density at radius 1 is 1.26 bits per heavy atom. The van der Waals surface area contributed by atoms with E-state index in [2.05, 4.69) is 56.3 Å². The maximum absolute atomic E-state index is 9.79. The van der Waals surface area contributed by atoms with Crippen LogP contribution in [0.4, 0.5) is 5.69 Å². The lowest BCUT2D eigenvalue weighted by Crippen LogP contribution is -2.31. The normalized spacial score (nSPS) is 16.5. The Morgan fingerprint density at radius 2 is 2.04 bits per heavy atom. The quantitative estimate of drug-likeness (QED) is 0.295. The summed E-state index contributed by atoms with van der Waals surface area (Å²) >= 11 is 6.89. The summed E-state index contributed by atoms with van der Waals surface area (Å²) in [5.74, 6) is -0.126. The van der Waals surface area contributed by atoms with Crippen LogP contribution >= 0.6 is 34.8 Å². The molecule has 0 amide bonds. The van der Waals surface area contributed by atoms with Gasteiger partial charge in [0.05, 0.1) is 10.8 Å². The molecular formula is C17H15IN2O2S. The van der Waals surface area contributed by atoms with Crippen molar-refractivity contribution in [1.82, 2.24) is 5.32 Å². The van der Waals surface area contributed by atoms with Crippen LogP contribution in [-0.4, -0.2) is 21.9 Å². The molecule has 0 fully saturated rings. The van der Waals surface area contributed by atoms with E-state index in [0.29, 0.717) is 0 Å². The van der Waals surface area contributed by atoms with Gasteiger partial charge in [0.2, 0.25) is 0 Å². The van der Waals surface area contributed by atoms with Crippen molar-refractivity contribution in [1.29, 1.82) is 0 Å². The Bertz CT molecular complexity index is 803. The molecule has 0 spiro atoms. The van der Waals surface area contributed by atoms with E-state index in [-0.39, 0.29) is 17.5 Å². The van der Waals surface area contributed by atoms with E-state index < -0.39 is 0 Å². The highest BCUT2D eigenvalue weighted by Gasteiger charge is 2.22. The zero-order valence-corrected chi connectivity index (χ0v) is 15.2. The van der Waals surface area contributed by atoms with Crippen molar-refractivity contribution in [2.75, 3.05) is 6.54 Å². The van der Waals surface area contributed by atoms with Crippen LogP contribution in [0.5, 0.6) is 11.5 Å². The first kappa shape index (κ1) is 16.4. The molecule has 1 atom stereocenters. The first-order chi connectivity index (χ1) is 11.1. The standard InChI is InChI=1S/C17H15IN2O2S/c18-13-5-10(1-2-14(13)20-9-23)6-15-12-8-17(22)16(21)7-11(12)3-4-19-15/h1-2,5,7-8,15,19,21-22H,3-4,6H2/t15-/m0/s1. The number of rotatable bonds is 3. The first-order valence-electron chi connectivity index (χ1n) is 7.23. The topological polar surface area (TPSA) is 64.8 Å². The largest absolute Gasteiger partial charge is 0.504 e. The van der Waals surface area contributed by atoms with Crippen LogP contribution in [0.25, 0.3) is 0 Å². The zero-order chi connectivity index (χ0) is 16.4. The molecule has 1 heterocycles. The minimum Gasteiger partial charge on any atom is -0.504 e. The molecule has 118 valence electrons. The molecule has 4 nitrogen and oxygen atoms in total. The summed E-state index contributed by atoms with van der Waals surface area (Å²) in [5, 5.41) is 25.3. The Balaban J connectivity index is 1.89. The predicted octanol–water partition coefficient (Wildman–Crippen LogP) is 3.87. The molecule has 0 aromatic heterocycles. The number of hydrogen-bond donors (Lipinski definition) is 3. The monoisotopic (exact) mass is 438 g/mol. The number of halogens is 1. The summed E-state index contributed by atoms with van der Waals surface area (Å²) in [5.41, 5.74) is 4.13. The molecule has 0 radical (unpaired) electrons. The number of aromatic hydroxyl groups is 2. The molecular weight excluding hydrogens is 423 g/mol.